The highest BCUT2D eigenvalue weighted by atomic mass is 16.5. The number of rotatable bonds is 5. The van der Waals surface area contributed by atoms with Gasteiger partial charge in [0.15, 0.2) is 0 Å². The van der Waals surface area contributed by atoms with Crippen LogP contribution in [0.3, 0.4) is 0 Å². The van der Waals surface area contributed by atoms with Gasteiger partial charge in [0.2, 0.25) is 0 Å². The lowest BCUT2D eigenvalue weighted by atomic mass is 10.0. The van der Waals surface area contributed by atoms with E-state index in [0.717, 1.165) is 25.1 Å². The van der Waals surface area contributed by atoms with Crippen LogP contribution in [-0.4, -0.2) is 29.8 Å². The van der Waals surface area contributed by atoms with Gasteiger partial charge in [0.05, 0.1) is 11.7 Å². The van der Waals surface area contributed by atoms with E-state index in [1.165, 1.54) is 12.8 Å². The molecule has 0 spiro atoms. The number of carbonyl (C=O) groups is 1. The molecule has 19 heavy (non-hydrogen) atoms. The third-order valence-electron chi connectivity index (χ3n) is 3.60. The Bertz CT molecular complexity index is 410. The lowest BCUT2D eigenvalue weighted by molar-refractivity contribution is -0.00398. The zero-order chi connectivity index (χ0) is 13.7. The van der Waals surface area contributed by atoms with E-state index in [9.17, 15) is 4.79 Å². The molecule has 0 aliphatic carbocycles. The number of carboxylic acid groups (broad SMARTS) is 1. The lowest BCUT2D eigenvalue weighted by Gasteiger charge is -2.28. The van der Waals surface area contributed by atoms with Crippen molar-refractivity contribution in [3.63, 3.8) is 0 Å². The highest BCUT2D eigenvalue weighted by Gasteiger charge is 2.20. The summed E-state index contributed by atoms with van der Waals surface area (Å²) in [6.45, 7) is 3.74. The number of ether oxygens (including phenoxy) is 1. The van der Waals surface area contributed by atoms with Gasteiger partial charge in [0.25, 0.3) is 0 Å². The first-order valence-electron chi connectivity index (χ1n) is 6.84. The van der Waals surface area contributed by atoms with Gasteiger partial charge in [-0.25, -0.2) is 4.79 Å². The summed E-state index contributed by atoms with van der Waals surface area (Å²) in [7, 11) is 0. The average Bonchev–Trinajstić information content (AvgIpc) is 2.46. The Labute approximate surface area is 113 Å². The molecular weight excluding hydrogens is 242 g/mol. The molecule has 2 unspecified atom stereocenters. The van der Waals surface area contributed by atoms with Gasteiger partial charge in [-0.3, -0.25) is 0 Å². The Morgan fingerprint density at radius 1 is 1.42 bits per heavy atom. The van der Waals surface area contributed by atoms with E-state index in [1.807, 2.05) is 12.1 Å². The Kier molecular flexibility index (Phi) is 4.93. The molecular formula is C15H21NO3. The van der Waals surface area contributed by atoms with Crippen LogP contribution < -0.4 is 5.32 Å². The Balaban J connectivity index is 1.82. The van der Waals surface area contributed by atoms with Crippen molar-refractivity contribution in [1.82, 2.24) is 5.32 Å². The van der Waals surface area contributed by atoms with Crippen molar-refractivity contribution in [2.75, 3.05) is 6.61 Å². The third-order valence-corrected chi connectivity index (χ3v) is 3.60. The molecule has 4 nitrogen and oxygen atoms in total. The van der Waals surface area contributed by atoms with E-state index in [1.54, 1.807) is 12.1 Å². The second kappa shape index (κ2) is 6.68. The zero-order valence-corrected chi connectivity index (χ0v) is 11.3. The van der Waals surface area contributed by atoms with Crippen molar-refractivity contribution < 1.29 is 14.6 Å². The summed E-state index contributed by atoms with van der Waals surface area (Å²) >= 11 is 0. The monoisotopic (exact) mass is 263 g/mol. The van der Waals surface area contributed by atoms with Crippen LogP contribution in [0.25, 0.3) is 0 Å². The molecule has 2 rings (SSSR count). The normalized spacial score (nSPS) is 21.0. The minimum atomic E-state index is -0.886. The van der Waals surface area contributed by atoms with Gasteiger partial charge < -0.3 is 15.2 Å². The molecule has 0 bridgehead atoms. The third kappa shape index (κ3) is 4.04. The van der Waals surface area contributed by atoms with Gasteiger partial charge in [-0.15, -0.1) is 0 Å². The number of aromatic carboxylic acids is 1. The van der Waals surface area contributed by atoms with Crippen LogP contribution in [0.1, 0.15) is 42.1 Å². The minimum Gasteiger partial charge on any atom is -0.478 e. The molecule has 1 saturated heterocycles. The first-order chi connectivity index (χ1) is 9.16. The maximum Gasteiger partial charge on any atom is 0.335 e. The zero-order valence-electron chi connectivity index (χ0n) is 11.3. The predicted octanol–water partition coefficient (Wildman–Crippen LogP) is 2.43. The first kappa shape index (κ1) is 14.0. The highest BCUT2D eigenvalue weighted by Crippen LogP contribution is 2.16. The fourth-order valence-corrected chi connectivity index (χ4v) is 2.34. The smallest absolute Gasteiger partial charge is 0.335 e. The fraction of sp³-hybridized carbons (Fsp3) is 0.533. The van der Waals surface area contributed by atoms with Crippen LogP contribution in [0.2, 0.25) is 0 Å². The van der Waals surface area contributed by atoms with Gasteiger partial charge >= 0.3 is 5.97 Å². The topological polar surface area (TPSA) is 58.6 Å². The van der Waals surface area contributed by atoms with Crippen molar-refractivity contribution in [2.24, 2.45) is 0 Å². The van der Waals surface area contributed by atoms with E-state index < -0.39 is 5.97 Å². The maximum absolute atomic E-state index is 10.8. The number of hydrogen-bond donors (Lipinski definition) is 2. The van der Waals surface area contributed by atoms with Crippen molar-refractivity contribution in [3.8, 4) is 0 Å². The quantitative estimate of drug-likeness (QED) is 0.856. The van der Waals surface area contributed by atoms with E-state index >= 15 is 0 Å². The lowest BCUT2D eigenvalue weighted by Crippen LogP contribution is -2.40. The maximum atomic E-state index is 10.8. The molecule has 1 aliphatic rings. The summed E-state index contributed by atoms with van der Waals surface area (Å²) in [6, 6.07) is 7.30. The molecule has 0 radical (unpaired) electrons. The van der Waals surface area contributed by atoms with Crippen LogP contribution in [0.15, 0.2) is 24.3 Å². The van der Waals surface area contributed by atoms with Crippen molar-refractivity contribution in [3.05, 3.63) is 35.4 Å². The molecule has 1 aromatic carbocycles. The van der Waals surface area contributed by atoms with Crippen LogP contribution in [-0.2, 0) is 11.3 Å². The van der Waals surface area contributed by atoms with E-state index in [4.69, 9.17) is 9.84 Å². The first-order valence-corrected chi connectivity index (χ1v) is 6.84. The van der Waals surface area contributed by atoms with E-state index in [0.29, 0.717) is 17.7 Å². The number of carboxylic acids is 1. The van der Waals surface area contributed by atoms with Crippen molar-refractivity contribution in [2.45, 2.75) is 44.9 Å². The fourth-order valence-electron chi connectivity index (χ4n) is 2.34. The molecule has 0 aromatic heterocycles. The van der Waals surface area contributed by atoms with Crippen molar-refractivity contribution in [1.29, 1.82) is 0 Å². The van der Waals surface area contributed by atoms with E-state index in [2.05, 4.69) is 12.2 Å². The molecule has 104 valence electrons. The number of benzene rings is 1. The largest absolute Gasteiger partial charge is 0.478 e. The van der Waals surface area contributed by atoms with Gasteiger partial charge in [0, 0.05) is 19.2 Å². The van der Waals surface area contributed by atoms with Gasteiger partial charge in [-0.2, -0.15) is 0 Å². The second-order valence-corrected chi connectivity index (χ2v) is 5.08. The number of hydrogen-bond acceptors (Lipinski definition) is 3. The van der Waals surface area contributed by atoms with Crippen LogP contribution in [0, 0.1) is 0 Å². The Morgan fingerprint density at radius 3 is 2.74 bits per heavy atom. The highest BCUT2D eigenvalue weighted by molar-refractivity contribution is 5.87. The second-order valence-electron chi connectivity index (χ2n) is 5.08. The van der Waals surface area contributed by atoms with Crippen LogP contribution >= 0.6 is 0 Å². The van der Waals surface area contributed by atoms with Crippen molar-refractivity contribution >= 4 is 5.97 Å². The summed E-state index contributed by atoms with van der Waals surface area (Å²) in [5.74, 6) is -0.886. The molecule has 2 atom stereocenters. The summed E-state index contributed by atoms with van der Waals surface area (Å²) < 4.78 is 5.74. The van der Waals surface area contributed by atoms with Crippen LogP contribution in [0.5, 0.6) is 0 Å². The van der Waals surface area contributed by atoms with Gasteiger partial charge in [-0.05, 0) is 43.9 Å². The predicted molar refractivity (Wildman–Crippen MR) is 73.3 cm³/mol. The SMILES string of the molecule is CC(NCc1ccc(C(=O)O)cc1)C1CCCCO1. The molecule has 1 fully saturated rings. The summed E-state index contributed by atoms with van der Waals surface area (Å²) in [5, 5.41) is 12.3. The molecule has 4 heteroatoms. The molecule has 1 aromatic rings. The van der Waals surface area contributed by atoms with E-state index in [-0.39, 0.29) is 0 Å². The molecule has 2 N–H and O–H groups in total. The summed E-state index contributed by atoms with van der Waals surface area (Å²) in [4.78, 5) is 10.8. The Morgan fingerprint density at radius 2 is 2.16 bits per heavy atom. The molecule has 1 heterocycles. The van der Waals surface area contributed by atoms with Gasteiger partial charge in [0.1, 0.15) is 0 Å². The molecule has 1 aliphatic heterocycles. The standard InChI is InChI=1S/C15H21NO3/c1-11(14-4-2-3-9-19-14)16-10-12-5-7-13(8-6-12)15(17)18/h5-8,11,14,16H,2-4,9-10H2,1H3,(H,17,18). The molecule has 0 amide bonds. The summed E-state index contributed by atoms with van der Waals surface area (Å²) in [6.07, 6.45) is 3.82. The molecule has 0 saturated carbocycles. The number of nitrogens with one attached hydrogen (secondary N) is 1. The average molecular weight is 263 g/mol. The van der Waals surface area contributed by atoms with Crippen LogP contribution in [0.4, 0.5) is 0 Å². The summed E-state index contributed by atoms with van der Waals surface area (Å²) in [5.41, 5.74) is 1.42. The Hall–Kier alpha value is -1.39. The van der Waals surface area contributed by atoms with Gasteiger partial charge in [-0.1, -0.05) is 12.1 Å². The minimum absolute atomic E-state index is 0.298.